The molecule has 2 N–H and O–H groups in total. The van der Waals surface area contributed by atoms with Gasteiger partial charge in [-0.2, -0.15) is 0 Å². The second-order valence-electron chi connectivity index (χ2n) is 6.79. The fourth-order valence-corrected chi connectivity index (χ4v) is 4.50. The summed E-state index contributed by atoms with van der Waals surface area (Å²) in [6.45, 7) is 4.58. The van der Waals surface area contributed by atoms with Crippen molar-refractivity contribution in [3.05, 3.63) is 69.3 Å². The van der Waals surface area contributed by atoms with Gasteiger partial charge in [0.1, 0.15) is 4.90 Å². The Hall–Kier alpha value is -2.29. The fourth-order valence-electron chi connectivity index (χ4n) is 2.88. The summed E-state index contributed by atoms with van der Waals surface area (Å²) in [6.07, 6.45) is 0.124. The molecule has 1 atom stereocenters. The monoisotopic (exact) mass is 406 g/mol. The van der Waals surface area contributed by atoms with E-state index in [9.17, 15) is 23.6 Å². The van der Waals surface area contributed by atoms with Gasteiger partial charge in [0.15, 0.2) is 9.84 Å². The molecular formula is C20H26N2O5S. The molecule has 0 heterocycles. The van der Waals surface area contributed by atoms with Crippen LogP contribution in [-0.2, 0) is 16.4 Å². The van der Waals surface area contributed by atoms with E-state index in [4.69, 9.17) is 0 Å². The molecule has 0 saturated carbocycles. The Morgan fingerprint density at radius 2 is 1.96 bits per heavy atom. The van der Waals surface area contributed by atoms with Crippen LogP contribution in [0, 0.1) is 17.0 Å². The van der Waals surface area contributed by atoms with Gasteiger partial charge in [0.25, 0.3) is 5.69 Å². The first-order valence-electron chi connectivity index (χ1n) is 9.20. The molecule has 0 aliphatic rings. The summed E-state index contributed by atoms with van der Waals surface area (Å²) < 4.78 is 24.7. The Kier molecular flexibility index (Phi) is 7.68. The van der Waals surface area contributed by atoms with Crippen LogP contribution in [0.4, 0.5) is 5.69 Å². The number of nitrogens with zero attached hydrogens (tertiary/aromatic N) is 1. The largest absolute Gasteiger partial charge is 0.387 e. The van der Waals surface area contributed by atoms with Crippen molar-refractivity contribution in [3.63, 3.8) is 0 Å². The van der Waals surface area contributed by atoms with E-state index in [-0.39, 0.29) is 17.2 Å². The van der Waals surface area contributed by atoms with Crippen LogP contribution in [0.5, 0.6) is 0 Å². The molecule has 152 valence electrons. The Balaban J connectivity index is 2.12. The highest BCUT2D eigenvalue weighted by atomic mass is 32.2. The topological polar surface area (TPSA) is 110 Å². The maximum absolute atomic E-state index is 12.4. The number of nitrogens with one attached hydrogen (secondary N) is 1. The minimum absolute atomic E-state index is 0.135. The van der Waals surface area contributed by atoms with Crippen molar-refractivity contribution < 1.29 is 18.4 Å². The predicted octanol–water partition coefficient (Wildman–Crippen LogP) is 3.30. The summed E-state index contributed by atoms with van der Waals surface area (Å²) in [5, 5.41) is 24.9. The number of aryl methyl sites for hydroxylation is 1. The van der Waals surface area contributed by atoms with Gasteiger partial charge < -0.3 is 10.4 Å². The third-order valence-electron chi connectivity index (χ3n) is 4.42. The van der Waals surface area contributed by atoms with E-state index < -0.39 is 26.6 Å². The zero-order valence-corrected chi connectivity index (χ0v) is 16.9. The minimum atomic E-state index is -3.74. The number of aliphatic hydroxyl groups is 1. The van der Waals surface area contributed by atoms with Gasteiger partial charge in [-0.15, -0.1) is 0 Å². The molecule has 0 aromatic heterocycles. The van der Waals surface area contributed by atoms with Gasteiger partial charge in [-0.3, -0.25) is 10.1 Å². The van der Waals surface area contributed by atoms with E-state index in [1.54, 1.807) is 0 Å². The summed E-state index contributed by atoms with van der Waals surface area (Å²) >= 11 is 0. The molecule has 0 spiro atoms. The van der Waals surface area contributed by atoms with Gasteiger partial charge in [0.05, 0.1) is 16.8 Å². The van der Waals surface area contributed by atoms with Crippen LogP contribution in [0.25, 0.3) is 0 Å². The first kappa shape index (κ1) is 22.0. The van der Waals surface area contributed by atoms with Crippen LogP contribution >= 0.6 is 0 Å². The van der Waals surface area contributed by atoms with Crippen molar-refractivity contribution >= 4 is 15.5 Å². The summed E-state index contributed by atoms with van der Waals surface area (Å²) in [6, 6.07) is 11.7. The lowest BCUT2D eigenvalue weighted by atomic mass is 10.1. The van der Waals surface area contributed by atoms with Gasteiger partial charge in [-0.05, 0) is 30.5 Å². The van der Waals surface area contributed by atoms with E-state index in [1.165, 1.54) is 12.1 Å². The molecule has 1 unspecified atom stereocenters. The van der Waals surface area contributed by atoms with Crippen molar-refractivity contribution in [3.8, 4) is 0 Å². The molecule has 7 nitrogen and oxygen atoms in total. The molecular weight excluding hydrogens is 380 g/mol. The predicted molar refractivity (Wildman–Crippen MR) is 108 cm³/mol. The Labute approximate surface area is 165 Å². The number of unbranched alkanes of at least 4 members (excludes halogenated alkanes) is 1. The lowest BCUT2D eigenvalue weighted by Crippen LogP contribution is -2.21. The maximum Gasteiger partial charge on any atom is 0.288 e. The average molecular weight is 407 g/mol. The number of aliphatic hydroxyl groups excluding tert-OH is 1. The van der Waals surface area contributed by atoms with Crippen molar-refractivity contribution in [1.29, 1.82) is 0 Å². The number of hydrogen-bond acceptors (Lipinski definition) is 6. The third-order valence-corrected chi connectivity index (χ3v) is 6.26. The number of sulfone groups is 1. The SMILES string of the molecule is CCCCS(=O)(=O)c1ccc(C(O)CNCc2cccc(C)c2)cc1[N+](=O)[O-]. The highest BCUT2D eigenvalue weighted by Gasteiger charge is 2.26. The quantitative estimate of drug-likeness (QED) is 0.463. The Bertz CT molecular complexity index is 928. The van der Waals surface area contributed by atoms with Crippen LogP contribution in [-0.4, -0.2) is 30.7 Å². The van der Waals surface area contributed by atoms with E-state index in [2.05, 4.69) is 5.32 Å². The first-order chi connectivity index (χ1) is 13.2. The molecule has 0 bridgehead atoms. The standard InChI is InChI=1S/C20H26N2O5S/c1-3-4-10-28(26,27)20-9-8-17(12-18(20)22(24)25)19(23)14-21-13-16-7-5-6-15(2)11-16/h5-9,11-12,19,21,23H,3-4,10,13-14H2,1-2H3. The van der Waals surface area contributed by atoms with Crippen LogP contribution in [0.3, 0.4) is 0 Å². The van der Waals surface area contributed by atoms with Crippen molar-refractivity contribution in [2.75, 3.05) is 12.3 Å². The number of hydrogen-bond donors (Lipinski definition) is 2. The molecule has 0 aliphatic heterocycles. The van der Waals surface area contributed by atoms with Gasteiger partial charge in [0, 0.05) is 19.2 Å². The van der Waals surface area contributed by atoms with Gasteiger partial charge in [0.2, 0.25) is 0 Å². The van der Waals surface area contributed by atoms with E-state index in [0.717, 1.165) is 17.2 Å². The lowest BCUT2D eigenvalue weighted by molar-refractivity contribution is -0.387. The lowest BCUT2D eigenvalue weighted by Gasteiger charge is -2.14. The third kappa shape index (κ3) is 5.85. The second kappa shape index (κ2) is 9.77. The number of nitro groups is 1. The highest BCUT2D eigenvalue weighted by Crippen LogP contribution is 2.29. The summed E-state index contributed by atoms with van der Waals surface area (Å²) in [5.74, 6) is -0.135. The number of rotatable bonds is 10. The van der Waals surface area contributed by atoms with Gasteiger partial charge in [-0.1, -0.05) is 49.2 Å². The van der Waals surface area contributed by atoms with Gasteiger partial charge >= 0.3 is 0 Å². The molecule has 28 heavy (non-hydrogen) atoms. The second-order valence-corrected chi connectivity index (χ2v) is 8.87. The molecule has 8 heteroatoms. The van der Waals surface area contributed by atoms with Crippen molar-refractivity contribution in [1.82, 2.24) is 5.32 Å². The summed E-state index contributed by atoms with van der Waals surface area (Å²) in [5.41, 5.74) is 2.01. The highest BCUT2D eigenvalue weighted by molar-refractivity contribution is 7.91. The number of benzene rings is 2. The Morgan fingerprint density at radius 1 is 1.21 bits per heavy atom. The Morgan fingerprint density at radius 3 is 2.61 bits per heavy atom. The van der Waals surface area contributed by atoms with Crippen LogP contribution in [0.2, 0.25) is 0 Å². The molecule has 0 fully saturated rings. The fraction of sp³-hybridized carbons (Fsp3) is 0.400. The molecule has 2 aromatic rings. The minimum Gasteiger partial charge on any atom is -0.387 e. The summed E-state index contributed by atoms with van der Waals surface area (Å²) in [7, 11) is -3.74. The molecule has 0 aliphatic carbocycles. The zero-order chi connectivity index (χ0) is 20.7. The van der Waals surface area contributed by atoms with Crippen LogP contribution in [0.1, 0.15) is 42.6 Å². The van der Waals surface area contributed by atoms with E-state index >= 15 is 0 Å². The normalized spacial score (nSPS) is 12.7. The van der Waals surface area contributed by atoms with Crippen molar-refractivity contribution in [2.24, 2.45) is 0 Å². The van der Waals surface area contributed by atoms with Crippen LogP contribution < -0.4 is 5.32 Å². The molecule has 2 aromatic carbocycles. The number of nitro benzene ring substituents is 1. The van der Waals surface area contributed by atoms with Crippen molar-refractivity contribution in [2.45, 2.75) is 44.2 Å². The molecule has 0 amide bonds. The average Bonchev–Trinajstić information content (AvgIpc) is 2.66. The van der Waals surface area contributed by atoms with Gasteiger partial charge in [-0.25, -0.2) is 8.42 Å². The zero-order valence-electron chi connectivity index (χ0n) is 16.1. The van der Waals surface area contributed by atoms with E-state index in [0.29, 0.717) is 24.9 Å². The maximum atomic E-state index is 12.4. The molecule has 0 radical (unpaired) electrons. The smallest absolute Gasteiger partial charge is 0.288 e. The molecule has 0 saturated heterocycles. The van der Waals surface area contributed by atoms with E-state index in [1.807, 2.05) is 38.1 Å². The molecule has 2 rings (SSSR count). The first-order valence-corrected chi connectivity index (χ1v) is 10.8. The summed E-state index contributed by atoms with van der Waals surface area (Å²) in [4.78, 5) is 10.4. The van der Waals surface area contributed by atoms with Crippen LogP contribution in [0.15, 0.2) is 47.4 Å².